The van der Waals surface area contributed by atoms with Crippen LogP contribution in [-0.2, 0) is 4.79 Å². The van der Waals surface area contributed by atoms with E-state index >= 15 is 0 Å². The van der Waals surface area contributed by atoms with Crippen molar-refractivity contribution in [3.8, 4) is 5.75 Å². The van der Waals surface area contributed by atoms with Gasteiger partial charge in [0.05, 0.1) is 12.8 Å². The summed E-state index contributed by atoms with van der Waals surface area (Å²) in [6.45, 7) is 9.06. The molecule has 0 aliphatic carbocycles. The summed E-state index contributed by atoms with van der Waals surface area (Å²) in [4.78, 5) is 16.5. The molecule has 1 amide bonds. The molecule has 21 heavy (non-hydrogen) atoms. The number of anilines is 2. The van der Waals surface area contributed by atoms with E-state index in [9.17, 15) is 4.79 Å². The van der Waals surface area contributed by atoms with E-state index in [2.05, 4.69) is 4.90 Å². The second-order valence-corrected chi connectivity index (χ2v) is 6.46. The number of nitrogens with two attached hydrogens (primary N) is 1. The van der Waals surface area contributed by atoms with Crippen LogP contribution in [0.5, 0.6) is 5.75 Å². The van der Waals surface area contributed by atoms with Gasteiger partial charge in [-0.1, -0.05) is 20.8 Å². The first-order chi connectivity index (χ1) is 9.82. The summed E-state index contributed by atoms with van der Waals surface area (Å²) >= 11 is 0. The molecule has 0 radical (unpaired) electrons. The molecule has 1 aromatic rings. The lowest BCUT2D eigenvalue weighted by atomic mass is 9.94. The molecule has 1 fully saturated rings. The molecule has 1 aromatic carbocycles. The van der Waals surface area contributed by atoms with E-state index in [1.165, 1.54) is 0 Å². The van der Waals surface area contributed by atoms with Crippen molar-refractivity contribution in [3.05, 3.63) is 18.2 Å². The minimum atomic E-state index is -0.313. The number of hydrogen-bond donors (Lipinski definition) is 1. The Bertz CT molecular complexity index is 515. The van der Waals surface area contributed by atoms with Gasteiger partial charge in [0.2, 0.25) is 5.91 Å². The molecule has 0 spiro atoms. The van der Waals surface area contributed by atoms with Crippen molar-refractivity contribution in [1.29, 1.82) is 0 Å². The summed E-state index contributed by atoms with van der Waals surface area (Å²) < 4.78 is 5.26. The fourth-order valence-corrected chi connectivity index (χ4v) is 2.54. The maximum absolute atomic E-state index is 12.3. The third-order valence-electron chi connectivity index (χ3n) is 3.79. The van der Waals surface area contributed by atoms with Crippen molar-refractivity contribution in [2.45, 2.75) is 20.8 Å². The fourth-order valence-electron chi connectivity index (χ4n) is 2.54. The summed E-state index contributed by atoms with van der Waals surface area (Å²) in [6, 6.07) is 5.82. The highest BCUT2D eigenvalue weighted by Gasteiger charge is 2.29. The van der Waals surface area contributed by atoms with Crippen molar-refractivity contribution >= 4 is 17.3 Å². The predicted octanol–water partition coefficient (Wildman–Crippen LogP) is 1.97. The van der Waals surface area contributed by atoms with Crippen LogP contribution >= 0.6 is 0 Å². The van der Waals surface area contributed by atoms with E-state index in [0.29, 0.717) is 11.4 Å². The number of carbonyl (C=O) groups excluding carboxylic acids is 1. The first-order valence-electron chi connectivity index (χ1n) is 7.31. The van der Waals surface area contributed by atoms with Crippen LogP contribution in [0.3, 0.4) is 0 Å². The second kappa shape index (κ2) is 5.84. The highest BCUT2D eigenvalue weighted by atomic mass is 16.5. The number of nitrogen functional groups attached to an aromatic ring is 1. The van der Waals surface area contributed by atoms with E-state index in [1.807, 2.05) is 43.9 Å². The number of nitrogens with zero attached hydrogens (tertiary/aromatic N) is 2. The van der Waals surface area contributed by atoms with Crippen molar-refractivity contribution < 1.29 is 9.53 Å². The average molecular weight is 291 g/mol. The van der Waals surface area contributed by atoms with E-state index in [4.69, 9.17) is 10.5 Å². The topological polar surface area (TPSA) is 58.8 Å². The molecule has 5 nitrogen and oxygen atoms in total. The van der Waals surface area contributed by atoms with Gasteiger partial charge in [0.25, 0.3) is 0 Å². The lowest BCUT2D eigenvalue weighted by molar-refractivity contribution is -0.139. The van der Waals surface area contributed by atoms with Crippen LogP contribution in [0.4, 0.5) is 11.4 Å². The lowest BCUT2D eigenvalue weighted by Gasteiger charge is -2.38. The smallest absolute Gasteiger partial charge is 0.228 e. The maximum atomic E-state index is 12.3. The minimum absolute atomic E-state index is 0.219. The summed E-state index contributed by atoms with van der Waals surface area (Å²) in [5.41, 5.74) is 7.26. The molecular formula is C16H25N3O2. The van der Waals surface area contributed by atoms with E-state index < -0.39 is 0 Å². The zero-order valence-corrected chi connectivity index (χ0v) is 13.3. The van der Waals surface area contributed by atoms with Gasteiger partial charge in [0.15, 0.2) is 0 Å². The van der Waals surface area contributed by atoms with Gasteiger partial charge in [-0.2, -0.15) is 0 Å². The number of piperazine rings is 1. The number of benzene rings is 1. The molecule has 2 rings (SSSR count). The fraction of sp³-hybridized carbons (Fsp3) is 0.562. The average Bonchev–Trinajstić information content (AvgIpc) is 2.46. The highest BCUT2D eigenvalue weighted by molar-refractivity contribution is 5.81. The number of methoxy groups -OCH3 is 1. The van der Waals surface area contributed by atoms with Gasteiger partial charge in [0, 0.05) is 43.3 Å². The SMILES string of the molecule is COc1cc(N2CCN(C(=O)C(C)(C)C)CC2)ccc1N. The Morgan fingerprint density at radius 1 is 1.19 bits per heavy atom. The van der Waals surface area contributed by atoms with Gasteiger partial charge in [0.1, 0.15) is 5.75 Å². The largest absolute Gasteiger partial charge is 0.495 e. The van der Waals surface area contributed by atoms with Crippen LogP contribution in [0, 0.1) is 5.41 Å². The van der Waals surface area contributed by atoms with Crippen LogP contribution in [0.1, 0.15) is 20.8 Å². The summed E-state index contributed by atoms with van der Waals surface area (Å²) in [6.07, 6.45) is 0. The predicted molar refractivity (Wildman–Crippen MR) is 85.7 cm³/mol. The third-order valence-corrected chi connectivity index (χ3v) is 3.79. The van der Waals surface area contributed by atoms with Gasteiger partial charge in [-0.05, 0) is 12.1 Å². The molecule has 0 unspecified atom stereocenters. The lowest BCUT2D eigenvalue weighted by Crippen LogP contribution is -2.51. The highest BCUT2D eigenvalue weighted by Crippen LogP contribution is 2.28. The zero-order valence-electron chi connectivity index (χ0n) is 13.3. The summed E-state index contributed by atoms with van der Waals surface area (Å²) in [7, 11) is 1.62. The minimum Gasteiger partial charge on any atom is -0.495 e. The normalized spacial score (nSPS) is 16.0. The van der Waals surface area contributed by atoms with Gasteiger partial charge >= 0.3 is 0 Å². The molecule has 0 atom stereocenters. The zero-order chi connectivity index (χ0) is 15.6. The first-order valence-corrected chi connectivity index (χ1v) is 7.31. The molecule has 2 N–H and O–H groups in total. The monoisotopic (exact) mass is 291 g/mol. The van der Waals surface area contributed by atoms with Gasteiger partial charge in [-0.15, -0.1) is 0 Å². The maximum Gasteiger partial charge on any atom is 0.228 e. The van der Waals surface area contributed by atoms with Crippen LogP contribution in [0.15, 0.2) is 18.2 Å². The Morgan fingerprint density at radius 2 is 1.81 bits per heavy atom. The van der Waals surface area contributed by atoms with Crippen molar-refractivity contribution in [2.24, 2.45) is 5.41 Å². The van der Waals surface area contributed by atoms with Crippen LogP contribution in [0.2, 0.25) is 0 Å². The molecule has 0 saturated carbocycles. The Hall–Kier alpha value is -1.91. The van der Waals surface area contributed by atoms with Gasteiger partial charge in [-0.3, -0.25) is 4.79 Å². The standard InChI is InChI=1S/C16H25N3O2/c1-16(2,3)15(20)19-9-7-18(8-10-19)12-5-6-13(17)14(11-12)21-4/h5-6,11H,7-10,17H2,1-4H3. The third kappa shape index (κ3) is 3.40. The molecule has 1 heterocycles. The Labute approximate surface area is 126 Å². The van der Waals surface area contributed by atoms with Crippen molar-refractivity contribution in [3.63, 3.8) is 0 Å². The van der Waals surface area contributed by atoms with E-state index in [1.54, 1.807) is 7.11 Å². The van der Waals surface area contributed by atoms with E-state index in [0.717, 1.165) is 31.9 Å². The van der Waals surface area contributed by atoms with Crippen LogP contribution in [0.25, 0.3) is 0 Å². The molecular weight excluding hydrogens is 266 g/mol. The van der Waals surface area contributed by atoms with Gasteiger partial charge < -0.3 is 20.3 Å². The Balaban J connectivity index is 2.03. The summed E-state index contributed by atoms with van der Waals surface area (Å²) in [5, 5.41) is 0. The van der Waals surface area contributed by atoms with Crippen molar-refractivity contribution in [2.75, 3.05) is 43.9 Å². The number of ether oxygens (including phenoxy) is 1. The molecule has 1 saturated heterocycles. The molecule has 1 aliphatic rings. The number of amides is 1. The first kappa shape index (κ1) is 15.5. The Morgan fingerprint density at radius 3 is 2.33 bits per heavy atom. The van der Waals surface area contributed by atoms with Crippen molar-refractivity contribution in [1.82, 2.24) is 4.90 Å². The van der Waals surface area contributed by atoms with Crippen LogP contribution in [-0.4, -0.2) is 44.1 Å². The molecule has 5 heteroatoms. The Kier molecular flexibility index (Phi) is 4.30. The van der Waals surface area contributed by atoms with Crippen LogP contribution < -0.4 is 15.4 Å². The molecule has 116 valence electrons. The summed E-state index contributed by atoms with van der Waals surface area (Å²) in [5.74, 6) is 0.915. The number of rotatable bonds is 2. The quantitative estimate of drug-likeness (QED) is 0.846. The molecule has 0 bridgehead atoms. The molecule has 1 aliphatic heterocycles. The molecule has 0 aromatic heterocycles. The second-order valence-electron chi connectivity index (χ2n) is 6.46. The number of hydrogen-bond acceptors (Lipinski definition) is 4. The van der Waals surface area contributed by atoms with Gasteiger partial charge in [-0.25, -0.2) is 0 Å². The van der Waals surface area contributed by atoms with E-state index in [-0.39, 0.29) is 11.3 Å². The number of carbonyl (C=O) groups is 1.